The van der Waals surface area contributed by atoms with Crippen molar-refractivity contribution >= 4 is 10.0 Å². The number of aliphatic hydroxyl groups excluding tert-OH is 1. The fourth-order valence-electron chi connectivity index (χ4n) is 1.00. The Labute approximate surface area is 93.3 Å². The Morgan fingerprint density at radius 2 is 2.06 bits per heavy atom. The minimum Gasteiger partial charge on any atom is -0.480 e. The van der Waals surface area contributed by atoms with Gasteiger partial charge in [0.1, 0.15) is 11.4 Å². The SMILES string of the molecule is COc1cnc([C@H](O)[C@@H](C)S(N)(=O)=O)cn1. The second-order valence-electron chi connectivity index (χ2n) is 3.22. The predicted molar refractivity (Wildman–Crippen MR) is 56.1 cm³/mol. The van der Waals surface area contributed by atoms with Crippen molar-refractivity contribution in [1.82, 2.24) is 9.97 Å². The maximum absolute atomic E-state index is 11.0. The van der Waals surface area contributed by atoms with Crippen LogP contribution in [-0.4, -0.2) is 35.9 Å². The van der Waals surface area contributed by atoms with Gasteiger partial charge in [0.15, 0.2) is 0 Å². The van der Waals surface area contributed by atoms with Crippen LogP contribution in [0.4, 0.5) is 0 Å². The van der Waals surface area contributed by atoms with Crippen molar-refractivity contribution in [3.63, 3.8) is 0 Å². The first-order valence-corrected chi connectivity index (χ1v) is 6.03. The molecule has 0 aliphatic rings. The van der Waals surface area contributed by atoms with Gasteiger partial charge in [0.2, 0.25) is 15.9 Å². The normalized spacial score (nSPS) is 15.5. The molecule has 0 aliphatic heterocycles. The van der Waals surface area contributed by atoms with Crippen molar-refractivity contribution in [3.05, 3.63) is 18.1 Å². The maximum atomic E-state index is 11.0. The Morgan fingerprint density at radius 1 is 1.44 bits per heavy atom. The Morgan fingerprint density at radius 3 is 2.44 bits per heavy atom. The molecular formula is C8H13N3O4S. The summed E-state index contributed by atoms with van der Waals surface area (Å²) in [7, 11) is -2.39. The summed E-state index contributed by atoms with van der Waals surface area (Å²) in [6.45, 7) is 1.30. The van der Waals surface area contributed by atoms with E-state index < -0.39 is 21.4 Å². The molecule has 0 radical (unpaired) electrons. The third-order valence-electron chi connectivity index (χ3n) is 2.12. The van der Waals surface area contributed by atoms with Crippen molar-refractivity contribution in [3.8, 4) is 5.88 Å². The van der Waals surface area contributed by atoms with Crippen LogP contribution in [0.1, 0.15) is 18.7 Å². The summed E-state index contributed by atoms with van der Waals surface area (Å²) >= 11 is 0. The molecule has 0 aliphatic carbocycles. The first kappa shape index (κ1) is 12.8. The highest BCUT2D eigenvalue weighted by atomic mass is 32.2. The second kappa shape index (κ2) is 4.73. The van der Waals surface area contributed by atoms with Gasteiger partial charge < -0.3 is 9.84 Å². The van der Waals surface area contributed by atoms with Crippen molar-refractivity contribution in [2.24, 2.45) is 5.14 Å². The average molecular weight is 247 g/mol. The third kappa shape index (κ3) is 2.87. The van der Waals surface area contributed by atoms with Crippen molar-refractivity contribution in [1.29, 1.82) is 0 Å². The first-order valence-electron chi connectivity index (χ1n) is 4.42. The van der Waals surface area contributed by atoms with E-state index in [0.29, 0.717) is 0 Å². The third-order valence-corrected chi connectivity index (χ3v) is 3.42. The Kier molecular flexibility index (Phi) is 3.79. The molecule has 0 spiro atoms. The molecule has 3 N–H and O–H groups in total. The molecule has 7 nitrogen and oxygen atoms in total. The summed E-state index contributed by atoms with van der Waals surface area (Å²) in [5.74, 6) is 0.277. The van der Waals surface area contributed by atoms with Crippen LogP contribution in [0.5, 0.6) is 5.88 Å². The number of rotatable bonds is 4. The summed E-state index contributed by atoms with van der Waals surface area (Å²) in [6, 6.07) is 0. The quantitative estimate of drug-likeness (QED) is 0.719. The summed E-state index contributed by atoms with van der Waals surface area (Å²) in [4.78, 5) is 7.63. The molecule has 0 bridgehead atoms. The van der Waals surface area contributed by atoms with Crippen molar-refractivity contribution < 1.29 is 18.3 Å². The van der Waals surface area contributed by atoms with Crippen LogP contribution < -0.4 is 9.88 Å². The molecule has 0 saturated carbocycles. The molecule has 1 aromatic heterocycles. The van der Waals surface area contributed by atoms with Crippen LogP contribution >= 0.6 is 0 Å². The van der Waals surface area contributed by atoms with E-state index >= 15 is 0 Å². The predicted octanol–water partition coefficient (Wildman–Crippen LogP) is -0.804. The molecule has 2 atom stereocenters. The van der Waals surface area contributed by atoms with Crippen LogP contribution in [0.15, 0.2) is 12.4 Å². The summed E-state index contributed by atoms with van der Waals surface area (Å²) < 4.78 is 26.8. The molecule has 16 heavy (non-hydrogen) atoms. The minimum absolute atomic E-state index is 0.127. The number of ether oxygens (including phenoxy) is 1. The highest BCUT2D eigenvalue weighted by Gasteiger charge is 2.27. The van der Waals surface area contributed by atoms with Gasteiger partial charge in [-0.25, -0.2) is 18.5 Å². The zero-order chi connectivity index (χ0) is 12.3. The smallest absolute Gasteiger partial charge is 0.231 e. The number of aliphatic hydroxyl groups is 1. The first-order chi connectivity index (χ1) is 7.36. The molecule has 0 saturated heterocycles. The number of hydrogen-bond donors (Lipinski definition) is 2. The monoisotopic (exact) mass is 247 g/mol. The summed E-state index contributed by atoms with van der Waals surface area (Å²) in [5.41, 5.74) is 0.127. The molecule has 1 aromatic rings. The number of nitrogens with zero attached hydrogens (tertiary/aromatic N) is 2. The van der Waals surface area contributed by atoms with E-state index in [0.717, 1.165) is 0 Å². The van der Waals surface area contributed by atoms with Crippen molar-refractivity contribution in [2.75, 3.05) is 7.11 Å². The van der Waals surface area contributed by atoms with Gasteiger partial charge in [0.05, 0.1) is 25.2 Å². The number of nitrogens with two attached hydrogens (primary N) is 1. The zero-order valence-corrected chi connectivity index (χ0v) is 9.68. The van der Waals surface area contributed by atoms with E-state index in [1.807, 2.05) is 0 Å². The number of primary sulfonamides is 1. The molecule has 0 fully saturated rings. The molecule has 0 aromatic carbocycles. The molecule has 8 heteroatoms. The molecule has 0 amide bonds. The Bertz CT molecular complexity index is 445. The van der Waals surface area contributed by atoms with Gasteiger partial charge in [0.25, 0.3) is 0 Å². The van der Waals surface area contributed by atoms with E-state index in [2.05, 4.69) is 9.97 Å². The minimum atomic E-state index is -3.81. The molecular weight excluding hydrogens is 234 g/mol. The lowest BCUT2D eigenvalue weighted by atomic mass is 10.2. The van der Waals surface area contributed by atoms with Gasteiger partial charge >= 0.3 is 0 Å². The number of aromatic nitrogens is 2. The van der Waals surface area contributed by atoms with Crippen LogP contribution in [0.2, 0.25) is 0 Å². The van der Waals surface area contributed by atoms with E-state index in [9.17, 15) is 13.5 Å². The zero-order valence-electron chi connectivity index (χ0n) is 8.86. The number of sulfonamides is 1. The molecule has 90 valence electrons. The Hall–Kier alpha value is -1.25. The standard InChI is InChI=1S/C8H13N3O4S/c1-5(16(9,13)14)8(12)6-3-11-7(15-2)4-10-6/h3-5,8,12H,1-2H3,(H2,9,13,14)/t5-,8-/m1/s1. The van der Waals surface area contributed by atoms with Gasteiger partial charge in [-0.3, -0.25) is 4.98 Å². The van der Waals surface area contributed by atoms with E-state index in [1.54, 1.807) is 0 Å². The van der Waals surface area contributed by atoms with E-state index in [-0.39, 0.29) is 11.6 Å². The fraction of sp³-hybridized carbons (Fsp3) is 0.500. The molecule has 1 heterocycles. The highest BCUT2D eigenvalue weighted by molar-refractivity contribution is 7.89. The molecule has 0 unspecified atom stereocenters. The number of hydrogen-bond acceptors (Lipinski definition) is 6. The molecule has 1 rings (SSSR count). The van der Waals surface area contributed by atoms with Gasteiger partial charge in [-0.1, -0.05) is 0 Å². The Balaban J connectivity index is 2.92. The lowest BCUT2D eigenvalue weighted by Gasteiger charge is -2.15. The lowest BCUT2D eigenvalue weighted by Crippen LogP contribution is -2.31. The second-order valence-corrected chi connectivity index (χ2v) is 5.14. The highest BCUT2D eigenvalue weighted by Crippen LogP contribution is 2.18. The van der Waals surface area contributed by atoms with Crippen LogP contribution in [0, 0.1) is 0 Å². The lowest BCUT2D eigenvalue weighted by molar-refractivity contribution is 0.170. The number of methoxy groups -OCH3 is 1. The van der Waals surface area contributed by atoms with Gasteiger partial charge in [0, 0.05) is 0 Å². The summed E-state index contributed by atoms with van der Waals surface area (Å²) in [6.07, 6.45) is 1.22. The van der Waals surface area contributed by atoms with Crippen LogP contribution in [0.25, 0.3) is 0 Å². The van der Waals surface area contributed by atoms with Crippen LogP contribution in [0.3, 0.4) is 0 Å². The average Bonchev–Trinajstić information content (AvgIpc) is 2.26. The topological polar surface area (TPSA) is 115 Å². The van der Waals surface area contributed by atoms with Gasteiger partial charge in [-0.05, 0) is 6.92 Å². The van der Waals surface area contributed by atoms with Crippen molar-refractivity contribution in [2.45, 2.75) is 18.3 Å². The van der Waals surface area contributed by atoms with Gasteiger partial charge in [-0.2, -0.15) is 0 Å². The largest absolute Gasteiger partial charge is 0.480 e. The van der Waals surface area contributed by atoms with E-state index in [4.69, 9.17) is 9.88 Å². The van der Waals surface area contributed by atoms with Crippen LogP contribution in [-0.2, 0) is 10.0 Å². The summed E-state index contributed by atoms with van der Waals surface area (Å²) in [5, 5.41) is 13.5. The maximum Gasteiger partial charge on any atom is 0.231 e. The fourth-order valence-corrected chi connectivity index (χ4v) is 1.50. The van der Waals surface area contributed by atoms with Gasteiger partial charge in [-0.15, -0.1) is 0 Å². The van der Waals surface area contributed by atoms with E-state index in [1.165, 1.54) is 26.4 Å².